The lowest BCUT2D eigenvalue weighted by Gasteiger charge is -2.14. The van der Waals surface area contributed by atoms with Crippen molar-refractivity contribution in [3.8, 4) is 0 Å². The van der Waals surface area contributed by atoms with Gasteiger partial charge in [-0.1, -0.05) is 36.4 Å². The summed E-state index contributed by atoms with van der Waals surface area (Å²) in [4.78, 5) is 23.8. The van der Waals surface area contributed by atoms with Crippen LogP contribution in [-0.2, 0) is 0 Å². The largest absolute Gasteiger partial charge is 0.366 e. The van der Waals surface area contributed by atoms with E-state index >= 15 is 0 Å². The van der Waals surface area contributed by atoms with Gasteiger partial charge in [0.15, 0.2) is 0 Å². The molecule has 2 amide bonds. The minimum absolute atomic E-state index is 0.391. The molecule has 0 aliphatic carbocycles. The SMILES string of the molecule is NC(=O)c1cccc2c(C(N)=O)c3c4ccc(cc4)c3cc12. The van der Waals surface area contributed by atoms with Crippen LogP contribution in [0.25, 0.3) is 32.3 Å². The number of hydrogen-bond donors (Lipinski definition) is 2. The van der Waals surface area contributed by atoms with Gasteiger partial charge in [0.05, 0.1) is 5.56 Å². The van der Waals surface area contributed by atoms with Crippen LogP contribution in [0, 0.1) is 0 Å². The van der Waals surface area contributed by atoms with Gasteiger partial charge >= 0.3 is 0 Å². The Bertz CT molecular complexity index is 1060. The number of nitrogens with two attached hydrogens (primary N) is 2. The Balaban J connectivity index is 2.36. The van der Waals surface area contributed by atoms with Crippen molar-refractivity contribution in [2.24, 2.45) is 11.5 Å². The maximum atomic E-state index is 12.1. The van der Waals surface area contributed by atoms with E-state index in [1.165, 1.54) is 0 Å². The van der Waals surface area contributed by atoms with Gasteiger partial charge in [-0.25, -0.2) is 0 Å². The Kier molecular flexibility index (Phi) is 2.39. The predicted molar refractivity (Wildman–Crippen MR) is 87.2 cm³/mol. The topological polar surface area (TPSA) is 86.2 Å². The standard InChI is InChI=1S/C18H12N2O2/c19-17(21)12-3-1-2-11-14(12)8-13-9-4-6-10(7-5-9)15(13)16(11)18(20)22/h1-8H,(H2,19,21)(H2,20,22). The average Bonchev–Trinajstić information content (AvgIpc) is 2.52. The Hall–Kier alpha value is -3.14. The molecule has 0 spiro atoms. The molecule has 0 fully saturated rings. The fraction of sp³-hybridized carbons (Fsp3) is 0. The van der Waals surface area contributed by atoms with Crippen molar-refractivity contribution in [2.75, 3.05) is 0 Å². The van der Waals surface area contributed by atoms with Crippen molar-refractivity contribution < 1.29 is 9.59 Å². The molecule has 5 rings (SSSR count). The molecule has 4 heteroatoms. The number of rotatable bonds is 2. The van der Waals surface area contributed by atoms with E-state index in [2.05, 4.69) is 0 Å². The molecule has 0 heterocycles. The average molecular weight is 288 g/mol. The normalized spacial score (nSPS) is 11.5. The Morgan fingerprint density at radius 2 is 1.41 bits per heavy atom. The first-order chi connectivity index (χ1) is 10.6. The number of carbonyl (C=O) groups is 2. The molecule has 0 atom stereocenters. The Morgan fingerprint density at radius 1 is 0.727 bits per heavy atom. The van der Waals surface area contributed by atoms with Crippen LogP contribution >= 0.6 is 0 Å². The number of primary amides is 2. The molecule has 2 bridgehead atoms. The van der Waals surface area contributed by atoms with Crippen molar-refractivity contribution in [1.29, 1.82) is 0 Å². The van der Waals surface area contributed by atoms with Crippen molar-refractivity contribution >= 4 is 44.1 Å². The maximum Gasteiger partial charge on any atom is 0.249 e. The first kappa shape index (κ1) is 12.6. The molecule has 0 aliphatic rings. The first-order valence-electron chi connectivity index (χ1n) is 6.88. The molecular weight excluding hydrogens is 276 g/mol. The second-order valence-corrected chi connectivity index (χ2v) is 5.38. The van der Waals surface area contributed by atoms with Crippen LogP contribution in [-0.4, -0.2) is 11.8 Å². The molecule has 0 radical (unpaired) electrons. The highest BCUT2D eigenvalue weighted by molar-refractivity contribution is 6.27. The molecule has 0 aromatic heterocycles. The number of hydrogen-bond acceptors (Lipinski definition) is 2. The van der Waals surface area contributed by atoms with E-state index < -0.39 is 11.8 Å². The zero-order chi connectivity index (χ0) is 15.4. The molecule has 22 heavy (non-hydrogen) atoms. The highest BCUT2D eigenvalue weighted by atomic mass is 16.1. The fourth-order valence-corrected chi connectivity index (χ4v) is 3.24. The van der Waals surface area contributed by atoms with E-state index in [1.54, 1.807) is 18.2 Å². The van der Waals surface area contributed by atoms with Crippen LogP contribution in [0.1, 0.15) is 20.7 Å². The van der Waals surface area contributed by atoms with E-state index in [4.69, 9.17) is 11.5 Å². The number of amides is 2. The zero-order valence-electron chi connectivity index (χ0n) is 11.6. The third kappa shape index (κ3) is 1.52. The van der Waals surface area contributed by atoms with Gasteiger partial charge in [0, 0.05) is 10.9 Å². The second-order valence-electron chi connectivity index (χ2n) is 5.38. The summed E-state index contributed by atoms with van der Waals surface area (Å²) in [6.07, 6.45) is 0. The summed E-state index contributed by atoms with van der Waals surface area (Å²) in [5.74, 6) is -1.03. The lowest BCUT2D eigenvalue weighted by Crippen LogP contribution is -2.15. The third-order valence-electron chi connectivity index (χ3n) is 4.18. The molecule has 4 N–H and O–H groups in total. The van der Waals surface area contributed by atoms with Gasteiger partial charge in [0.1, 0.15) is 0 Å². The fourth-order valence-electron chi connectivity index (χ4n) is 3.24. The van der Waals surface area contributed by atoms with Gasteiger partial charge in [-0.3, -0.25) is 9.59 Å². The van der Waals surface area contributed by atoms with Gasteiger partial charge in [-0.15, -0.1) is 0 Å². The molecular formula is C18H12N2O2. The van der Waals surface area contributed by atoms with E-state index in [-0.39, 0.29) is 0 Å². The molecule has 0 unspecified atom stereocenters. The summed E-state index contributed by atoms with van der Waals surface area (Å²) in [5.41, 5.74) is 11.9. The molecule has 4 nitrogen and oxygen atoms in total. The summed E-state index contributed by atoms with van der Waals surface area (Å²) < 4.78 is 0. The monoisotopic (exact) mass is 288 g/mol. The summed E-state index contributed by atoms with van der Waals surface area (Å²) in [7, 11) is 0. The van der Waals surface area contributed by atoms with Crippen LogP contribution in [0.3, 0.4) is 0 Å². The second kappa shape index (κ2) is 4.18. The van der Waals surface area contributed by atoms with Crippen LogP contribution in [0.4, 0.5) is 0 Å². The number of carbonyl (C=O) groups excluding carboxylic acids is 2. The van der Waals surface area contributed by atoms with E-state index in [9.17, 15) is 9.59 Å². The van der Waals surface area contributed by atoms with Gasteiger partial charge in [0.2, 0.25) is 11.8 Å². The highest BCUT2D eigenvalue weighted by Crippen LogP contribution is 2.36. The summed E-state index contributed by atoms with van der Waals surface area (Å²) in [6, 6.07) is 15.0. The van der Waals surface area contributed by atoms with Crippen LogP contribution in [0.15, 0.2) is 48.5 Å². The van der Waals surface area contributed by atoms with Crippen LogP contribution in [0.2, 0.25) is 0 Å². The molecule has 0 aliphatic heterocycles. The van der Waals surface area contributed by atoms with Crippen molar-refractivity contribution in [3.63, 3.8) is 0 Å². The molecule has 5 aromatic rings. The third-order valence-corrected chi connectivity index (χ3v) is 4.18. The van der Waals surface area contributed by atoms with Crippen molar-refractivity contribution in [2.45, 2.75) is 0 Å². The lowest BCUT2D eigenvalue weighted by atomic mass is 9.89. The molecule has 0 saturated heterocycles. The van der Waals surface area contributed by atoms with Crippen molar-refractivity contribution in [3.05, 3.63) is 59.7 Å². The summed E-state index contributed by atoms with van der Waals surface area (Å²) in [6.45, 7) is 0. The van der Waals surface area contributed by atoms with Gasteiger partial charge in [-0.05, 0) is 39.1 Å². The Morgan fingerprint density at radius 3 is 2.05 bits per heavy atom. The van der Waals surface area contributed by atoms with Crippen LogP contribution < -0.4 is 11.5 Å². The van der Waals surface area contributed by atoms with Gasteiger partial charge in [0.25, 0.3) is 0 Å². The smallest absolute Gasteiger partial charge is 0.249 e. The highest BCUT2D eigenvalue weighted by Gasteiger charge is 2.18. The minimum Gasteiger partial charge on any atom is -0.366 e. The molecule has 106 valence electrons. The van der Waals surface area contributed by atoms with E-state index in [0.29, 0.717) is 21.9 Å². The van der Waals surface area contributed by atoms with Gasteiger partial charge in [-0.2, -0.15) is 0 Å². The minimum atomic E-state index is -0.523. The van der Waals surface area contributed by atoms with Gasteiger partial charge < -0.3 is 11.5 Å². The summed E-state index contributed by atoms with van der Waals surface area (Å²) in [5, 5.41) is 5.01. The van der Waals surface area contributed by atoms with Crippen LogP contribution in [0.5, 0.6) is 0 Å². The summed E-state index contributed by atoms with van der Waals surface area (Å²) >= 11 is 0. The van der Waals surface area contributed by atoms with E-state index in [0.717, 1.165) is 21.5 Å². The maximum absolute atomic E-state index is 12.1. The predicted octanol–water partition coefficient (Wildman–Crippen LogP) is 2.78. The zero-order valence-corrected chi connectivity index (χ0v) is 11.6. The quantitative estimate of drug-likeness (QED) is 0.556. The Labute approximate surface area is 125 Å². The molecule has 5 aromatic carbocycles. The lowest BCUT2D eigenvalue weighted by molar-refractivity contribution is 0.0993. The van der Waals surface area contributed by atoms with Crippen molar-refractivity contribution in [1.82, 2.24) is 0 Å². The molecule has 0 saturated carbocycles. The number of fused-ring (bicyclic) bond motifs is 3. The van der Waals surface area contributed by atoms with E-state index in [1.807, 2.05) is 30.3 Å². The first-order valence-corrected chi connectivity index (χ1v) is 6.88. The number of benzene rings is 5.